The average molecular weight is 278 g/mol. The molecule has 20 heavy (non-hydrogen) atoms. The van der Waals surface area contributed by atoms with Gasteiger partial charge in [-0.1, -0.05) is 12.1 Å². The number of phenols is 1. The maximum Gasteiger partial charge on any atom is 0.336 e. The van der Waals surface area contributed by atoms with E-state index in [2.05, 4.69) is 0 Å². The summed E-state index contributed by atoms with van der Waals surface area (Å²) in [5.41, 5.74) is 0.336. The highest BCUT2D eigenvalue weighted by Gasteiger charge is 2.32. The Balaban J connectivity index is 2.04. The Morgan fingerprint density at radius 1 is 1.40 bits per heavy atom. The van der Waals surface area contributed by atoms with Gasteiger partial charge in [0.15, 0.2) is 6.10 Å². The van der Waals surface area contributed by atoms with Gasteiger partial charge < -0.3 is 14.6 Å². The number of benzene rings is 1. The lowest BCUT2D eigenvalue weighted by Crippen LogP contribution is -2.35. The van der Waals surface area contributed by atoms with Crippen LogP contribution < -0.4 is 0 Å². The van der Waals surface area contributed by atoms with Gasteiger partial charge in [-0.05, 0) is 51.3 Å². The van der Waals surface area contributed by atoms with E-state index in [-0.39, 0.29) is 17.8 Å². The highest BCUT2D eigenvalue weighted by molar-refractivity contribution is 5.75. The standard InChI is InChI=1S/C16H22O4/c1-16(2,3)20-15(18)14(19-13-7-8-13)10-11-5-4-6-12(17)9-11/h4-6,9,13-14,17H,7-8,10H2,1-3H3. The summed E-state index contributed by atoms with van der Waals surface area (Å²) in [5, 5.41) is 9.49. The van der Waals surface area contributed by atoms with Crippen LogP contribution in [0.2, 0.25) is 0 Å². The number of rotatable bonds is 5. The number of carbonyl (C=O) groups excluding carboxylic acids is 1. The minimum Gasteiger partial charge on any atom is -0.508 e. The summed E-state index contributed by atoms with van der Waals surface area (Å²) in [6, 6.07) is 6.88. The first-order chi connectivity index (χ1) is 9.33. The van der Waals surface area contributed by atoms with Crippen molar-refractivity contribution in [1.29, 1.82) is 0 Å². The topological polar surface area (TPSA) is 55.8 Å². The Hall–Kier alpha value is -1.55. The second-order valence-corrected chi connectivity index (χ2v) is 6.23. The molecule has 1 fully saturated rings. The van der Waals surface area contributed by atoms with E-state index in [0.717, 1.165) is 18.4 Å². The van der Waals surface area contributed by atoms with Gasteiger partial charge in [0.25, 0.3) is 0 Å². The van der Waals surface area contributed by atoms with Crippen LogP contribution in [0.5, 0.6) is 5.75 Å². The lowest BCUT2D eigenvalue weighted by molar-refractivity contribution is -0.169. The molecule has 0 bridgehead atoms. The first-order valence-electron chi connectivity index (χ1n) is 7.00. The molecule has 1 N–H and O–H groups in total. The number of hydrogen-bond donors (Lipinski definition) is 1. The smallest absolute Gasteiger partial charge is 0.336 e. The lowest BCUT2D eigenvalue weighted by atomic mass is 10.1. The van der Waals surface area contributed by atoms with E-state index < -0.39 is 11.7 Å². The fourth-order valence-corrected chi connectivity index (χ4v) is 1.89. The molecule has 0 aliphatic heterocycles. The second-order valence-electron chi connectivity index (χ2n) is 6.23. The van der Waals surface area contributed by atoms with Crippen molar-refractivity contribution in [1.82, 2.24) is 0 Å². The number of hydrogen-bond acceptors (Lipinski definition) is 4. The molecule has 0 heterocycles. The third-order valence-corrected chi connectivity index (χ3v) is 2.88. The molecule has 110 valence electrons. The van der Waals surface area contributed by atoms with Crippen LogP contribution in [-0.4, -0.2) is 28.9 Å². The summed E-state index contributed by atoms with van der Waals surface area (Å²) in [4.78, 5) is 12.2. The molecule has 0 radical (unpaired) electrons. The summed E-state index contributed by atoms with van der Waals surface area (Å²) in [6.45, 7) is 5.52. The SMILES string of the molecule is CC(C)(C)OC(=O)C(Cc1cccc(O)c1)OC1CC1. The number of ether oxygens (including phenoxy) is 2. The van der Waals surface area contributed by atoms with Gasteiger partial charge in [-0.3, -0.25) is 0 Å². The van der Waals surface area contributed by atoms with Crippen molar-refractivity contribution in [2.75, 3.05) is 0 Å². The van der Waals surface area contributed by atoms with Crippen molar-refractivity contribution >= 4 is 5.97 Å². The maximum atomic E-state index is 12.2. The molecule has 1 aromatic rings. The molecule has 2 rings (SSSR count). The summed E-state index contributed by atoms with van der Waals surface area (Å²) < 4.78 is 11.2. The molecular formula is C16H22O4. The van der Waals surface area contributed by atoms with Crippen LogP contribution in [0.3, 0.4) is 0 Å². The predicted molar refractivity (Wildman–Crippen MR) is 75.6 cm³/mol. The average Bonchev–Trinajstić information content (AvgIpc) is 3.10. The predicted octanol–water partition coefficient (Wildman–Crippen LogP) is 2.82. The first-order valence-corrected chi connectivity index (χ1v) is 7.00. The van der Waals surface area contributed by atoms with Gasteiger partial charge in [-0.2, -0.15) is 0 Å². The lowest BCUT2D eigenvalue weighted by Gasteiger charge is -2.24. The summed E-state index contributed by atoms with van der Waals surface area (Å²) in [7, 11) is 0. The molecule has 4 nitrogen and oxygen atoms in total. The van der Waals surface area contributed by atoms with Crippen molar-refractivity contribution < 1.29 is 19.4 Å². The van der Waals surface area contributed by atoms with E-state index in [1.165, 1.54) is 0 Å². The van der Waals surface area contributed by atoms with Gasteiger partial charge in [0.1, 0.15) is 11.4 Å². The number of carbonyl (C=O) groups is 1. The van der Waals surface area contributed by atoms with Gasteiger partial charge >= 0.3 is 5.97 Å². The monoisotopic (exact) mass is 278 g/mol. The zero-order valence-corrected chi connectivity index (χ0v) is 12.3. The fraction of sp³-hybridized carbons (Fsp3) is 0.562. The maximum absolute atomic E-state index is 12.2. The van der Waals surface area contributed by atoms with Crippen molar-refractivity contribution in [3.63, 3.8) is 0 Å². The molecular weight excluding hydrogens is 256 g/mol. The van der Waals surface area contributed by atoms with Gasteiger partial charge in [0.2, 0.25) is 0 Å². The van der Waals surface area contributed by atoms with Crippen LogP contribution in [0.1, 0.15) is 39.2 Å². The third kappa shape index (κ3) is 4.85. The highest BCUT2D eigenvalue weighted by atomic mass is 16.6. The van der Waals surface area contributed by atoms with E-state index in [9.17, 15) is 9.90 Å². The molecule has 0 amide bonds. The molecule has 1 unspecified atom stereocenters. The van der Waals surface area contributed by atoms with Gasteiger partial charge in [0.05, 0.1) is 6.10 Å². The molecule has 1 saturated carbocycles. The number of esters is 1. The highest BCUT2D eigenvalue weighted by Crippen LogP contribution is 2.27. The Labute approximate surface area is 119 Å². The Morgan fingerprint density at radius 3 is 2.65 bits per heavy atom. The van der Waals surface area contributed by atoms with Crippen LogP contribution in [0.25, 0.3) is 0 Å². The molecule has 1 aliphatic carbocycles. The van der Waals surface area contributed by atoms with Crippen LogP contribution in [0.4, 0.5) is 0 Å². The van der Waals surface area contributed by atoms with Gasteiger partial charge in [-0.25, -0.2) is 4.79 Å². The van der Waals surface area contributed by atoms with Gasteiger partial charge in [-0.15, -0.1) is 0 Å². The Morgan fingerprint density at radius 2 is 2.10 bits per heavy atom. The largest absolute Gasteiger partial charge is 0.508 e. The third-order valence-electron chi connectivity index (χ3n) is 2.88. The first kappa shape index (κ1) is 14.9. The minimum atomic E-state index is -0.608. The van der Waals surface area contributed by atoms with Crippen LogP contribution in [0.15, 0.2) is 24.3 Å². The van der Waals surface area contributed by atoms with E-state index >= 15 is 0 Å². The molecule has 0 spiro atoms. The van der Waals surface area contributed by atoms with E-state index in [1.807, 2.05) is 26.8 Å². The van der Waals surface area contributed by atoms with Crippen molar-refractivity contribution in [3.05, 3.63) is 29.8 Å². The molecule has 1 aromatic carbocycles. The normalized spacial score (nSPS) is 16.8. The van der Waals surface area contributed by atoms with Crippen molar-refractivity contribution in [2.24, 2.45) is 0 Å². The van der Waals surface area contributed by atoms with E-state index in [4.69, 9.17) is 9.47 Å². The number of phenolic OH excluding ortho intramolecular Hbond substituents is 1. The quantitative estimate of drug-likeness (QED) is 0.841. The zero-order chi connectivity index (χ0) is 14.8. The Kier molecular flexibility index (Phi) is 4.33. The minimum absolute atomic E-state index is 0.171. The second kappa shape index (κ2) is 5.83. The molecule has 4 heteroatoms. The van der Waals surface area contributed by atoms with Crippen LogP contribution >= 0.6 is 0 Å². The molecule has 0 aromatic heterocycles. The molecule has 0 saturated heterocycles. The summed E-state index contributed by atoms with van der Waals surface area (Å²) >= 11 is 0. The van der Waals surface area contributed by atoms with Crippen LogP contribution in [0, 0.1) is 0 Å². The van der Waals surface area contributed by atoms with E-state index in [0.29, 0.717) is 6.42 Å². The fourth-order valence-electron chi connectivity index (χ4n) is 1.89. The van der Waals surface area contributed by atoms with Crippen LogP contribution in [-0.2, 0) is 20.7 Å². The van der Waals surface area contributed by atoms with Crippen molar-refractivity contribution in [2.45, 2.75) is 57.8 Å². The molecule has 1 atom stereocenters. The molecule has 1 aliphatic rings. The van der Waals surface area contributed by atoms with Crippen molar-refractivity contribution in [3.8, 4) is 5.75 Å². The zero-order valence-electron chi connectivity index (χ0n) is 12.3. The Bertz CT molecular complexity index is 472. The number of aromatic hydroxyl groups is 1. The summed E-state index contributed by atoms with van der Waals surface area (Å²) in [5.74, 6) is -0.149. The summed E-state index contributed by atoms with van der Waals surface area (Å²) in [6.07, 6.45) is 1.98. The van der Waals surface area contributed by atoms with Gasteiger partial charge in [0, 0.05) is 6.42 Å². The van der Waals surface area contributed by atoms with E-state index in [1.54, 1.807) is 18.2 Å².